The van der Waals surface area contributed by atoms with E-state index in [0.717, 1.165) is 27.8 Å². The molecule has 7 heteroatoms. The van der Waals surface area contributed by atoms with Crippen molar-refractivity contribution >= 4 is 22.6 Å². The Morgan fingerprint density at radius 3 is 2.34 bits per heavy atom. The van der Waals surface area contributed by atoms with Crippen LogP contribution >= 0.6 is 0 Å². The van der Waals surface area contributed by atoms with Gasteiger partial charge in [-0.15, -0.1) is 0 Å². The van der Waals surface area contributed by atoms with Gasteiger partial charge in [-0.25, -0.2) is 4.79 Å². The van der Waals surface area contributed by atoms with Crippen LogP contribution in [0.25, 0.3) is 10.9 Å². The molecule has 0 saturated heterocycles. The molecule has 1 heterocycles. The van der Waals surface area contributed by atoms with Crippen LogP contribution in [0, 0.1) is 6.92 Å². The van der Waals surface area contributed by atoms with Gasteiger partial charge < -0.3 is 24.7 Å². The fourth-order valence-corrected chi connectivity index (χ4v) is 3.80. The van der Waals surface area contributed by atoms with Gasteiger partial charge in [-0.2, -0.15) is 0 Å². The summed E-state index contributed by atoms with van der Waals surface area (Å²) in [5.41, 5.74) is 3.72. The Morgan fingerprint density at radius 2 is 1.66 bits per heavy atom. The van der Waals surface area contributed by atoms with Crippen molar-refractivity contribution in [2.24, 2.45) is 0 Å². The Hall–Kier alpha value is -4.26. The van der Waals surface area contributed by atoms with Crippen LogP contribution in [0.2, 0.25) is 0 Å². The highest BCUT2D eigenvalue weighted by Gasteiger charge is 2.17. The Balaban J connectivity index is 1.63. The highest BCUT2D eigenvalue weighted by Crippen LogP contribution is 2.21. The van der Waals surface area contributed by atoms with Gasteiger partial charge in [0.1, 0.15) is 11.5 Å². The van der Waals surface area contributed by atoms with Crippen LogP contribution in [-0.2, 0) is 13.1 Å². The van der Waals surface area contributed by atoms with E-state index in [2.05, 4.69) is 10.3 Å². The van der Waals surface area contributed by atoms with Crippen molar-refractivity contribution in [3.05, 3.63) is 99.8 Å². The first kappa shape index (κ1) is 23.9. The molecular weight excluding hydrogens is 442 g/mol. The first-order valence-corrected chi connectivity index (χ1v) is 11.5. The van der Waals surface area contributed by atoms with Crippen molar-refractivity contribution in [3.63, 3.8) is 0 Å². The largest absolute Gasteiger partial charge is 0.497 e. The number of H-pyrrole nitrogens is 1. The summed E-state index contributed by atoms with van der Waals surface area (Å²) in [7, 11) is 1.59. The third kappa shape index (κ3) is 6.00. The Morgan fingerprint density at radius 1 is 0.943 bits per heavy atom. The first-order chi connectivity index (χ1) is 16.9. The minimum atomic E-state index is -0.307. The van der Waals surface area contributed by atoms with Gasteiger partial charge in [0, 0.05) is 28.7 Å². The number of aryl methyl sites for hydroxylation is 1. The fourth-order valence-electron chi connectivity index (χ4n) is 3.80. The molecule has 0 bridgehead atoms. The number of pyridine rings is 1. The van der Waals surface area contributed by atoms with Crippen molar-refractivity contribution in [2.45, 2.75) is 26.9 Å². The molecule has 0 radical (unpaired) electrons. The number of carbonyl (C=O) groups excluding carboxylic acids is 1. The number of rotatable bonds is 8. The lowest BCUT2D eigenvalue weighted by atomic mass is 10.1. The SMILES string of the molecule is CCOc1ccc2[nH]c(=O)c(CN(Cc3ccc(C)cc3)C(=O)Nc3ccc(OC)cc3)cc2c1. The van der Waals surface area contributed by atoms with Crippen LogP contribution in [0.5, 0.6) is 11.5 Å². The lowest BCUT2D eigenvalue weighted by molar-refractivity contribution is 0.206. The van der Waals surface area contributed by atoms with E-state index >= 15 is 0 Å². The van der Waals surface area contributed by atoms with Gasteiger partial charge in [0.25, 0.3) is 5.56 Å². The number of hydrogen-bond donors (Lipinski definition) is 2. The maximum absolute atomic E-state index is 13.3. The molecule has 2 amide bonds. The monoisotopic (exact) mass is 471 g/mol. The molecule has 2 N–H and O–H groups in total. The van der Waals surface area contributed by atoms with Gasteiger partial charge >= 0.3 is 6.03 Å². The van der Waals surface area contributed by atoms with E-state index in [1.54, 1.807) is 36.3 Å². The highest BCUT2D eigenvalue weighted by atomic mass is 16.5. The maximum atomic E-state index is 13.3. The molecule has 1 aromatic heterocycles. The summed E-state index contributed by atoms with van der Waals surface area (Å²) in [5.74, 6) is 1.43. The number of anilines is 1. The zero-order valence-corrected chi connectivity index (χ0v) is 20.1. The molecule has 7 nitrogen and oxygen atoms in total. The highest BCUT2D eigenvalue weighted by molar-refractivity contribution is 5.89. The van der Waals surface area contributed by atoms with Gasteiger partial charge in [-0.05, 0) is 67.9 Å². The maximum Gasteiger partial charge on any atom is 0.322 e. The molecule has 0 unspecified atom stereocenters. The van der Waals surface area contributed by atoms with Crippen molar-refractivity contribution < 1.29 is 14.3 Å². The minimum absolute atomic E-state index is 0.139. The van der Waals surface area contributed by atoms with E-state index in [0.29, 0.717) is 30.2 Å². The van der Waals surface area contributed by atoms with Gasteiger partial charge in [0.15, 0.2) is 0 Å². The number of ether oxygens (including phenoxy) is 2. The fraction of sp³-hybridized carbons (Fsp3) is 0.214. The minimum Gasteiger partial charge on any atom is -0.497 e. The number of amides is 2. The zero-order chi connectivity index (χ0) is 24.8. The predicted octanol–water partition coefficient (Wildman–Crippen LogP) is 5.48. The van der Waals surface area contributed by atoms with Crippen LogP contribution in [0.1, 0.15) is 23.6 Å². The molecule has 4 aromatic rings. The molecule has 0 atom stereocenters. The third-order valence-corrected chi connectivity index (χ3v) is 5.69. The van der Waals surface area contributed by atoms with E-state index in [1.165, 1.54) is 0 Å². The summed E-state index contributed by atoms with van der Waals surface area (Å²) < 4.78 is 10.8. The summed E-state index contributed by atoms with van der Waals surface area (Å²) in [5, 5.41) is 3.77. The van der Waals surface area contributed by atoms with Crippen LogP contribution in [0.4, 0.5) is 10.5 Å². The van der Waals surface area contributed by atoms with E-state index in [4.69, 9.17) is 9.47 Å². The first-order valence-electron chi connectivity index (χ1n) is 11.5. The number of carbonyl (C=O) groups is 1. The van der Waals surface area contributed by atoms with E-state index < -0.39 is 0 Å². The smallest absolute Gasteiger partial charge is 0.322 e. The molecule has 180 valence electrons. The van der Waals surface area contributed by atoms with Crippen LogP contribution in [0.15, 0.2) is 77.6 Å². The lowest BCUT2D eigenvalue weighted by Crippen LogP contribution is -2.35. The van der Waals surface area contributed by atoms with Crippen LogP contribution in [-0.4, -0.2) is 29.6 Å². The number of urea groups is 1. The number of nitrogens with zero attached hydrogens (tertiary/aromatic N) is 1. The van der Waals surface area contributed by atoms with Crippen molar-refractivity contribution in [2.75, 3.05) is 19.0 Å². The van der Waals surface area contributed by atoms with Gasteiger partial charge in [-0.1, -0.05) is 29.8 Å². The third-order valence-electron chi connectivity index (χ3n) is 5.69. The second-order valence-corrected chi connectivity index (χ2v) is 8.31. The Labute approximate surface area is 204 Å². The molecule has 3 aromatic carbocycles. The van der Waals surface area contributed by atoms with Gasteiger partial charge in [0.05, 0.1) is 20.3 Å². The standard InChI is InChI=1S/C28H29N3O4/c1-4-35-25-13-14-26-21(16-25)15-22(27(32)30-26)18-31(17-20-7-5-19(2)6-8-20)28(33)29-23-9-11-24(34-3)12-10-23/h5-16H,4,17-18H2,1-3H3,(H,29,33)(H,30,32). The van der Waals surface area contributed by atoms with E-state index in [-0.39, 0.29) is 18.1 Å². The van der Waals surface area contributed by atoms with E-state index in [9.17, 15) is 9.59 Å². The average Bonchev–Trinajstić information content (AvgIpc) is 2.86. The van der Waals surface area contributed by atoms with Crippen molar-refractivity contribution in [1.82, 2.24) is 9.88 Å². The molecular formula is C28H29N3O4. The summed E-state index contributed by atoms with van der Waals surface area (Å²) in [6.07, 6.45) is 0. The predicted molar refractivity (Wildman–Crippen MR) is 138 cm³/mol. The van der Waals surface area contributed by atoms with Gasteiger partial charge in [-0.3, -0.25) is 4.79 Å². The zero-order valence-electron chi connectivity index (χ0n) is 20.1. The molecule has 0 spiro atoms. The summed E-state index contributed by atoms with van der Waals surface area (Å²) in [6.45, 7) is 4.98. The number of aromatic amines is 1. The number of hydrogen-bond acceptors (Lipinski definition) is 4. The molecule has 0 saturated carbocycles. The molecule has 0 aliphatic carbocycles. The van der Waals surface area contributed by atoms with Gasteiger partial charge in [0.2, 0.25) is 0 Å². The second-order valence-electron chi connectivity index (χ2n) is 8.31. The lowest BCUT2D eigenvalue weighted by Gasteiger charge is -2.23. The number of aromatic nitrogens is 1. The van der Waals surface area contributed by atoms with Crippen molar-refractivity contribution in [1.29, 1.82) is 0 Å². The Kier molecular flexibility index (Phi) is 7.35. The molecule has 0 fully saturated rings. The van der Waals surface area contributed by atoms with Crippen LogP contribution in [0.3, 0.4) is 0 Å². The second kappa shape index (κ2) is 10.8. The normalized spacial score (nSPS) is 10.7. The number of methoxy groups -OCH3 is 1. The summed E-state index contributed by atoms with van der Waals surface area (Å²) in [4.78, 5) is 30.7. The molecule has 0 aliphatic rings. The number of benzene rings is 3. The quantitative estimate of drug-likeness (QED) is 0.357. The van der Waals surface area contributed by atoms with Crippen LogP contribution < -0.4 is 20.3 Å². The number of nitrogens with one attached hydrogen (secondary N) is 2. The summed E-state index contributed by atoms with van der Waals surface area (Å²) >= 11 is 0. The topological polar surface area (TPSA) is 83.7 Å². The molecule has 35 heavy (non-hydrogen) atoms. The molecule has 0 aliphatic heterocycles. The van der Waals surface area contributed by atoms with E-state index in [1.807, 2.05) is 62.4 Å². The molecule has 4 rings (SSSR count). The Bertz CT molecular complexity index is 1360. The summed E-state index contributed by atoms with van der Waals surface area (Å²) in [6, 6.07) is 22.2. The average molecular weight is 472 g/mol. The van der Waals surface area contributed by atoms with Crippen molar-refractivity contribution in [3.8, 4) is 11.5 Å². The number of fused-ring (bicyclic) bond motifs is 1.